The molecule has 0 aliphatic heterocycles. The van der Waals surface area contributed by atoms with Gasteiger partial charge in [-0.05, 0) is 11.6 Å². The van der Waals surface area contributed by atoms with E-state index in [0.29, 0.717) is 6.61 Å². The van der Waals surface area contributed by atoms with Crippen LogP contribution in [0, 0.1) is 0 Å². The molecule has 0 bridgehead atoms. The molecule has 0 aliphatic carbocycles. The van der Waals surface area contributed by atoms with Gasteiger partial charge in [0.1, 0.15) is 5.75 Å². The zero-order valence-corrected chi connectivity index (χ0v) is 8.04. The van der Waals surface area contributed by atoms with E-state index in [1.807, 2.05) is 18.2 Å². The first kappa shape index (κ1) is 9.81. The Morgan fingerprint density at radius 3 is 2.69 bits per heavy atom. The van der Waals surface area contributed by atoms with Crippen LogP contribution in [0.3, 0.4) is 0 Å². The van der Waals surface area contributed by atoms with Crippen LogP contribution >= 0.6 is 0 Å². The van der Waals surface area contributed by atoms with E-state index in [1.165, 1.54) is 0 Å². The molecule has 70 valence electrons. The van der Waals surface area contributed by atoms with Gasteiger partial charge in [-0.2, -0.15) is 0 Å². The van der Waals surface area contributed by atoms with Crippen molar-refractivity contribution in [3.05, 3.63) is 35.9 Å². The lowest BCUT2D eigenvalue weighted by Crippen LogP contribution is -1.94. The molecule has 0 aliphatic rings. The van der Waals surface area contributed by atoms with Crippen LogP contribution in [0.4, 0.5) is 0 Å². The Morgan fingerprint density at radius 2 is 2.15 bits per heavy atom. The van der Waals surface area contributed by atoms with Crippen molar-refractivity contribution in [2.45, 2.75) is 6.61 Å². The molecule has 13 heavy (non-hydrogen) atoms. The highest BCUT2D eigenvalue weighted by Gasteiger charge is 2.04. The smallest absolute Gasteiger partial charge is 0.126 e. The van der Waals surface area contributed by atoms with E-state index in [-0.39, 0.29) is 0 Å². The third-order valence-electron chi connectivity index (χ3n) is 1.88. The Labute approximate surface area is 78.8 Å². The summed E-state index contributed by atoms with van der Waals surface area (Å²) in [7, 11) is 3.32. The molecule has 0 fully saturated rings. The highest BCUT2D eigenvalue weighted by Crippen LogP contribution is 2.23. The summed E-state index contributed by atoms with van der Waals surface area (Å²) in [6.45, 7) is 4.33. The molecule has 0 N–H and O–H groups in total. The Bertz CT molecular complexity index is 292. The first-order valence-corrected chi connectivity index (χ1v) is 4.10. The number of methoxy groups -OCH3 is 2. The van der Waals surface area contributed by atoms with Crippen molar-refractivity contribution >= 4 is 6.08 Å². The molecule has 1 rings (SSSR count). The van der Waals surface area contributed by atoms with Gasteiger partial charge in [-0.15, -0.1) is 0 Å². The van der Waals surface area contributed by atoms with E-state index in [4.69, 9.17) is 9.47 Å². The largest absolute Gasteiger partial charge is 0.496 e. The lowest BCUT2D eigenvalue weighted by Gasteiger charge is -2.09. The molecule has 0 radical (unpaired) electrons. The zero-order chi connectivity index (χ0) is 9.68. The van der Waals surface area contributed by atoms with E-state index in [1.54, 1.807) is 20.3 Å². The first-order chi connectivity index (χ1) is 6.33. The van der Waals surface area contributed by atoms with Gasteiger partial charge in [0.15, 0.2) is 0 Å². The summed E-state index contributed by atoms with van der Waals surface area (Å²) in [6, 6.07) is 5.86. The Hall–Kier alpha value is -1.28. The van der Waals surface area contributed by atoms with Gasteiger partial charge in [0.2, 0.25) is 0 Å². The average Bonchev–Trinajstić information content (AvgIpc) is 2.18. The fraction of sp³-hybridized carbons (Fsp3) is 0.273. The van der Waals surface area contributed by atoms with E-state index in [2.05, 4.69) is 6.58 Å². The van der Waals surface area contributed by atoms with Crippen LogP contribution < -0.4 is 4.74 Å². The van der Waals surface area contributed by atoms with Gasteiger partial charge in [0, 0.05) is 12.7 Å². The summed E-state index contributed by atoms with van der Waals surface area (Å²) >= 11 is 0. The maximum Gasteiger partial charge on any atom is 0.126 e. The molecule has 0 aromatic heterocycles. The Kier molecular flexibility index (Phi) is 3.53. The standard InChI is InChI=1S/C11H14O2/c1-4-10-9(8-12-2)6-5-7-11(10)13-3/h4-7H,1,8H2,2-3H3. The highest BCUT2D eigenvalue weighted by molar-refractivity contribution is 5.59. The van der Waals surface area contributed by atoms with Gasteiger partial charge in [-0.25, -0.2) is 0 Å². The van der Waals surface area contributed by atoms with Crippen molar-refractivity contribution in [2.24, 2.45) is 0 Å². The molecule has 1 aromatic rings. The number of benzene rings is 1. The van der Waals surface area contributed by atoms with Crippen molar-refractivity contribution in [2.75, 3.05) is 14.2 Å². The second kappa shape index (κ2) is 4.67. The van der Waals surface area contributed by atoms with Crippen LogP contribution in [-0.2, 0) is 11.3 Å². The number of hydrogen-bond donors (Lipinski definition) is 0. The fourth-order valence-electron chi connectivity index (χ4n) is 1.28. The van der Waals surface area contributed by atoms with Gasteiger partial charge in [-0.1, -0.05) is 24.8 Å². The van der Waals surface area contributed by atoms with Crippen LogP contribution in [0.25, 0.3) is 6.08 Å². The summed E-state index contributed by atoms with van der Waals surface area (Å²) < 4.78 is 10.3. The van der Waals surface area contributed by atoms with E-state index in [0.717, 1.165) is 16.9 Å². The predicted octanol–water partition coefficient (Wildman–Crippen LogP) is 2.48. The van der Waals surface area contributed by atoms with Crippen LogP contribution in [0.5, 0.6) is 5.75 Å². The fourth-order valence-corrected chi connectivity index (χ4v) is 1.28. The average molecular weight is 178 g/mol. The topological polar surface area (TPSA) is 18.5 Å². The maximum absolute atomic E-state index is 5.20. The summed E-state index contributed by atoms with van der Waals surface area (Å²) in [6.07, 6.45) is 1.78. The molecule has 1 aromatic carbocycles. The zero-order valence-electron chi connectivity index (χ0n) is 8.04. The van der Waals surface area contributed by atoms with Crippen molar-refractivity contribution in [3.63, 3.8) is 0 Å². The van der Waals surface area contributed by atoms with Crippen LogP contribution in [0.1, 0.15) is 11.1 Å². The van der Waals surface area contributed by atoms with Gasteiger partial charge in [0.05, 0.1) is 13.7 Å². The van der Waals surface area contributed by atoms with Gasteiger partial charge in [0.25, 0.3) is 0 Å². The minimum absolute atomic E-state index is 0.582. The quantitative estimate of drug-likeness (QED) is 0.705. The molecule has 0 heterocycles. The predicted molar refractivity (Wildman–Crippen MR) is 53.8 cm³/mol. The molecule has 2 heteroatoms. The van der Waals surface area contributed by atoms with Gasteiger partial charge in [-0.3, -0.25) is 0 Å². The molecule has 0 saturated heterocycles. The molecular formula is C11H14O2. The third-order valence-corrected chi connectivity index (χ3v) is 1.88. The first-order valence-electron chi connectivity index (χ1n) is 4.10. The van der Waals surface area contributed by atoms with Crippen LogP contribution in [0.2, 0.25) is 0 Å². The van der Waals surface area contributed by atoms with Crippen molar-refractivity contribution in [3.8, 4) is 5.75 Å². The summed E-state index contributed by atoms with van der Waals surface area (Å²) in [4.78, 5) is 0. The normalized spacial score (nSPS) is 9.69. The monoisotopic (exact) mass is 178 g/mol. The van der Waals surface area contributed by atoms with Crippen molar-refractivity contribution < 1.29 is 9.47 Å². The molecule has 0 spiro atoms. The van der Waals surface area contributed by atoms with Crippen molar-refractivity contribution in [1.82, 2.24) is 0 Å². The molecule has 0 amide bonds. The summed E-state index contributed by atoms with van der Waals surface area (Å²) in [5.41, 5.74) is 2.10. The summed E-state index contributed by atoms with van der Waals surface area (Å²) in [5, 5.41) is 0. The van der Waals surface area contributed by atoms with Gasteiger partial charge >= 0.3 is 0 Å². The number of ether oxygens (including phenoxy) is 2. The van der Waals surface area contributed by atoms with Crippen molar-refractivity contribution in [1.29, 1.82) is 0 Å². The second-order valence-corrected chi connectivity index (χ2v) is 2.67. The third kappa shape index (κ3) is 2.10. The lowest BCUT2D eigenvalue weighted by atomic mass is 10.1. The second-order valence-electron chi connectivity index (χ2n) is 2.67. The van der Waals surface area contributed by atoms with Crippen LogP contribution in [0.15, 0.2) is 24.8 Å². The summed E-state index contributed by atoms with van der Waals surface area (Å²) in [5.74, 6) is 0.838. The SMILES string of the molecule is C=Cc1c(COC)cccc1OC. The molecule has 0 unspecified atom stereocenters. The van der Waals surface area contributed by atoms with Crippen LogP contribution in [-0.4, -0.2) is 14.2 Å². The van der Waals surface area contributed by atoms with E-state index < -0.39 is 0 Å². The molecule has 0 saturated carbocycles. The highest BCUT2D eigenvalue weighted by atomic mass is 16.5. The van der Waals surface area contributed by atoms with E-state index >= 15 is 0 Å². The maximum atomic E-state index is 5.20. The molecule has 0 atom stereocenters. The lowest BCUT2D eigenvalue weighted by molar-refractivity contribution is 0.184. The number of hydrogen-bond acceptors (Lipinski definition) is 2. The minimum atomic E-state index is 0.582. The molecule has 2 nitrogen and oxygen atoms in total. The number of rotatable bonds is 4. The van der Waals surface area contributed by atoms with E-state index in [9.17, 15) is 0 Å². The Morgan fingerprint density at radius 1 is 1.38 bits per heavy atom. The Balaban J connectivity index is 3.10. The minimum Gasteiger partial charge on any atom is -0.496 e. The van der Waals surface area contributed by atoms with Gasteiger partial charge < -0.3 is 9.47 Å². The molecular weight excluding hydrogens is 164 g/mol.